The quantitative estimate of drug-likeness (QED) is 0.613. The molecule has 6 heteroatoms. The van der Waals surface area contributed by atoms with Crippen molar-refractivity contribution in [3.63, 3.8) is 0 Å². The molecule has 102 valence electrons. The summed E-state index contributed by atoms with van der Waals surface area (Å²) in [6.07, 6.45) is 1.84. The van der Waals surface area contributed by atoms with E-state index in [1.807, 2.05) is 0 Å². The van der Waals surface area contributed by atoms with Gasteiger partial charge in [-0.05, 0) is 24.9 Å². The summed E-state index contributed by atoms with van der Waals surface area (Å²) >= 11 is 0. The molecular formula is C13H17N3O3. The molecule has 1 aromatic carbocycles. The highest BCUT2D eigenvalue weighted by molar-refractivity contribution is 5.76. The van der Waals surface area contributed by atoms with E-state index in [9.17, 15) is 14.9 Å². The summed E-state index contributed by atoms with van der Waals surface area (Å²) in [5.74, 6) is 0.000191. The van der Waals surface area contributed by atoms with Crippen LogP contribution in [0.2, 0.25) is 0 Å². The summed E-state index contributed by atoms with van der Waals surface area (Å²) < 4.78 is 0. The number of nitrogens with zero attached hydrogens (tertiary/aromatic N) is 1. The number of non-ortho nitro benzene ring substituents is 1. The first kappa shape index (κ1) is 13.5. The standard InChI is InChI=1S/C13H17N3O3/c17-13(15-11-6-7-14-9-11)5-4-10-2-1-3-12(8-10)16(18)19/h1-3,8,11,14H,4-7,9H2,(H,15,17). The van der Waals surface area contributed by atoms with Gasteiger partial charge in [0.15, 0.2) is 0 Å². The Morgan fingerprint density at radius 2 is 2.37 bits per heavy atom. The second-order valence-corrected chi connectivity index (χ2v) is 4.68. The number of nitro groups is 1. The average molecular weight is 263 g/mol. The highest BCUT2D eigenvalue weighted by Crippen LogP contribution is 2.14. The molecule has 0 spiro atoms. The van der Waals surface area contributed by atoms with Gasteiger partial charge in [-0.1, -0.05) is 12.1 Å². The van der Waals surface area contributed by atoms with Crippen molar-refractivity contribution in [1.82, 2.24) is 10.6 Å². The molecule has 1 heterocycles. The van der Waals surface area contributed by atoms with E-state index in [0.717, 1.165) is 25.1 Å². The minimum absolute atomic E-state index is 0.000191. The van der Waals surface area contributed by atoms with Gasteiger partial charge in [0, 0.05) is 31.1 Å². The van der Waals surface area contributed by atoms with E-state index >= 15 is 0 Å². The molecule has 1 aliphatic heterocycles. The lowest BCUT2D eigenvalue weighted by Crippen LogP contribution is -2.36. The number of hydrogen-bond donors (Lipinski definition) is 2. The third-order valence-corrected chi connectivity index (χ3v) is 3.19. The van der Waals surface area contributed by atoms with E-state index in [1.165, 1.54) is 12.1 Å². The number of amides is 1. The Bertz CT molecular complexity index is 470. The lowest BCUT2D eigenvalue weighted by Gasteiger charge is -2.10. The Balaban J connectivity index is 1.82. The summed E-state index contributed by atoms with van der Waals surface area (Å²) in [5, 5.41) is 16.8. The molecule has 1 aliphatic rings. The first-order valence-electron chi connectivity index (χ1n) is 6.38. The van der Waals surface area contributed by atoms with E-state index in [2.05, 4.69) is 10.6 Å². The minimum atomic E-state index is -0.423. The molecule has 2 N–H and O–H groups in total. The maximum atomic E-state index is 11.7. The molecule has 1 aromatic rings. The van der Waals surface area contributed by atoms with Gasteiger partial charge < -0.3 is 10.6 Å². The van der Waals surface area contributed by atoms with Crippen LogP contribution in [0.5, 0.6) is 0 Å². The van der Waals surface area contributed by atoms with Crippen LogP contribution in [-0.2, 0) is 11.2 Å². The molecule has 1 fully saturated rings. The Morgan fingerprint density at radius 1 is 1.53 bits per heavy atom. The highest BCUT2D eigenvalue weighted by Gasteiger charge is 2.16. The summed E-state index contributed by atoms with van der Waals surface area (Å²) in [6, 6.07) is 6.64. The van der Waals surface area contributed by atoms with Crippen LogP contribution >= 0.6 is 0 Å². The van der Waals surface area contributed by atoms with Crippen molar-refractivity contribution in [1.29, 1.82) is 0 Å². The maximum Gasteiger partial charge on any atom is 0.269 e. The molecule has 0 bridgehead atoms. The lowest BCUT2D eigenvalue weighted by atomic mass is 10.1. The Labute approximate surface area is 111 Å². The van der Waals surface area contributed by atoms with Gasteiger partial charge in [-0.15, -0.1) is 0 Å². The van der Waals surface area contributed by atoms with Crippen LogP contribution in [0.15, 0.2) is 24.3 Å². The van der Waals surface area contributed by atoms with Crippen LogP contribution in [0.4, 0.5) is 5.69 Å². The summed E-state index contributed by atoms with van der Waals surface area (Å²) in [7, 11) is 0. The number of nitro benzene ring substituents is 1. The average Bonchev–Trinajstić information content (AvgIpc) is 2.89. The first-order valence-corrected chi connectivity index (χ1v) is 6.38. The lowest BCUT2D eigenvalue weighted by molar-refractivity contribution is -0.384. The fourth-order valence-electron chi connectivity index (χ4n) is 2.16. The molecule has 1 atom stereocenters. The smallest absolute Gasteiger partial charge is 0.269 e. The number of benzene rings is 1. The molecule has 1 saturated heterocycles. The van der Waals surface area contributed by atoms with Gasteiger partial charge >= 0.3 is 0 Å². The van der Waals surface area contributed by atoms with Crippen molar-refractivity contribution in [3.8, 4) is 0 Å². The molecule has 0 aromatic heterocycles. The van der Waals surface area contributed by atoms with Crippen molar-refractivity contribution < 1.29 is 9.72 Å². The number of carbonyl (C=O) groups excluding carboxylic acids is 1. The van der Waals surface area contributed by atoms with Gasteiger partial charge in [0.1, 0.15) is 0 Å². The van der Waals surface area contributed by atoms with Gasteiger partial charge in [-0.2, -0.15) is 0 Å². The zero-order chi connectivity index (χ0) is 13.7. The Kier molecular flexibility index (Phi) is 4.46. The monoisotopic (exact) mass is 263 g/mol. The molecule has 0 radical (unpaired) electrons. The molecule has 0 aliphatic carbocycles. The predicted molar refractivity (Wildman–Crippen MR) is 70.8 cm³/mol. The topological polar surface area (TPSA) is 84.3 Å². The van der Waals surface area contributed by atoms with Crippen molar-refractivity contribution in [2.24, 2.45) is 0 Å². The first-order chi connectivity index (χ1) is 9.15. The van der Waals surface area contributed by atoms with Crippen LogP contribution in [0.3, 0.4) is 0 Å². The van der Waals surface area contributed by atoms with Crippen molar-refractivity contribution in [2.45, 2.75) is 25.3 Å². The highest BCUT2D eigenvalue weighted by atomic mass is 16.6. The summed E-state index contributed by atoms with van der Waals surface area (Å²) in [5.41, 5.74) is 0.881. The van der Waals surface area contributed by atoms with Crippen LogP contribution in [-0.4, -0.2) is 30.0 Å². The van der Waals surface area contributed by atoms with Gasteiger partial charge in [0.25, 0.3) is 5.69 Å². The van der Waals surface area contributed by atoms with Gasteiger partial charge in [0.2, 0.25) is 5.91 Å². The van der Waals surface area contributed by atoms with E-state index in [0.29, 0.717) is 12.8 Å². The van der Waals surface area contributed by atoms with Gasteiger partial charge in [-0.3, -0.25) is 14.9 Å². The number of nitrogens with one attached hydrogen (secondary N) is 2. The second kappa shape index (κ2) is 6.29. The summed E-state index contributed by atoms with van der Waals surface area (Å²) in [4.78, 5) is 21.9. The van der Waals surface area contributed by atoms with Crippen LogP contribution in [0.25, 0.3) is 0 Å². The number of aryl methyl sites for hydroxylation is 1. The van der Waals surface area contributed by atoms with E-state index in [4.69, 9.17) is 0 Å². The normalized spacial score (nSPS) is 18.2. The Morgan fingerprint density at radius 3 is 3.05 bits per heavy atom. The molecular weight excluding hydrogens is 246 g/mol. The number of carbonyl (C=O) groups is 1. The van der Waals surface area contributed by atoms with Crippen LogP contribution in [0, 0.1) is 10.1 Å². The van der Waals surface area contributed by atoms with Crippen LogP contribution < -0.4 is 10.6 Å². The molecule has 0 saturated carbocycles. The fraction of sp³-hybridized carbons (Fsp3) is 0.462. The molecule has 1 unspecified atom stereocenters. The number of hydrogen-bond acceptors (Lipinski definition) is 4. The third-order valence-electron chi connectivity index (χ3n) is 3.19. The minimum Gasteiger partial charge on any atom is -0.352 e. The second-order valence-electron chi connectivity index (χ2n) is 4.68. The third kappa shape index (κ3) is 4.03. The molecule has 6 nitrogen and oxygen atoms in total. The molecule has 1 amide bonds. The van der Waals surface area contributed by atoms with Crippen molar-refractivity contribution in [2.75, 3.05) is 13.1 Å². The fourth-order valence-corrected chi connectivity index (χ4v) is 2.16. The van der Waals surface area contributed by atoms with Crippen molar-refractivity contribution in [3.05, 3.63) is 39.9 Å². The van der Waals surface area contributed by atoms with Gasteiger partial charge in [-0.25, -0.2) is 0 Å². The van der Waals surface area contributed by atoms with Crippen LogP contribution in [0.1, 0.15) is 18.4 Å². The van der Waals surface area contributed by atoms with E-state index in [-0.39, 0.29) is 17.6 Å². The van der Waals surface area contributed by atoms with Crippen molar-refractivity contribution >= 4 is 11.6 Å². The molecule has 2 rings (SSSR count). The maximum absolute atomic E-state index is 11.7. The number of rotatable bonds is 5. The molecule has 19 heavy (non-hydrogen) atoms. The van der Waals surface area contributed by atoms with Gasteiger partial charge in [0.05, 0.1) is 4.92 Å². The summed E-state index contributed by atoms with van der Waals surface area (Å²) in [6.45, 7) is 1.76. The predicted octanol–water partition coefficient (Wildman–Crippen LogP) is 1.01. The van der Waals surface area contributed by atoms with E-state index in [1.54, 1.807) is 12.1 Å². The van der Waals surface area contributed by atoms with E-state index < -0.39 is 4.92 Å². The Hall–Kier alpha value is -1.95. The SMILES string of the molecule is O=C(CCc1cccc([N+](=O)[O-])c1)NC1CCNC1. The zero-order valence-corrected chi connectivity index (χ0v) is 10.6. The largest absolute Gasteiger partial charge is 0.352 e. The zero-order valence-electron chi connectivity index (χ0n) is 10.6.